The molecule has 0 saturated heterocycles. The fraction of sp³-hybridized carbons (Fsp3) is 0.286. The van der Waals surface area contributed by atoms with Crippen LogP contribution in [0.2, 0.25) is 5.02 Å². The molecule has 0 aliphatic carbocycles. The van der Waals surface area contributed by atoms with Gasteiger partial charge in [-0.05, 0) is 32.0 Å². The van der Waals surface area contributed by atoms with Gasteiger partial charge in [0.15, 0.2) is 6.61 Å². The number of rotatable bonds is 5. The summed E-state index contributed by atoms with van der Waals surface area (Å²) in [4.78, 5) is 17.1. The maximum atomic E-state index is 11.7. The van der Waals surface area contributed by atoms with E-state index in [1.165, 1.54) is 0 Å². The Morgan fingerprint density at radius 3 is 2.90 bits per heavy atom. The molecule has 1 heterocycles. The van der Waals surface area contributed by atoms with E-state index in [-0.39, 0.29) is 12.5 Å². The van der Waals surface area contributed by atoms with Crippen molar-refractivity contribution in [3.8, 4) is 5.75 Å². The van der Waals surface area contributed by atoms with E-state index in [1.807, 2.05) is 13.8 Å². The summed E-state index contributed by atoms with van der Waals surface area (Å²) in [5, 5.41) is 4.40. The fourth-order valence-corrected chi connectivity index (χ4v) is 2.73. The summed E-state index contributed by atoms with van der Waals surface area (Å²) < 4.78 is 5.36. The first-order chi connectivity index (χ1) is 9.54. The van der Waals surface area contributed by atoms with Gasteiger partial charge in [-0.15, -0.1) is 11.3 Å². The number of carbonyl (C=O) groups excluding carboxylic acids is 1. The highest BCUT2D eigenvalue weighted by Gasteiger charge is 2.07. The Labute approximate surface area is 126 Å². The van der Waals surface area contributed by atoms with Gasteiger partial charge >= 0.3 is 0 Å². The first kappa shape index (κ1) is 14.8. The van der Waals surface area contributed by atoms with Crippen molar-refractivity contribution < 1.29 is 9.53 Å². The lowest BCUT2D eigenvalue weighted by Gasteiger charge is -2.07. The molecule has 1 aromatic carbocycles. The van der Waals surface area contributed by atoms with Crippen LogP contribution in [0.25, 0.3) is 0 Å². The minimum atomic E-state index is -0.171. The molecule has 0 aliphatic rings. The van der Waals surface area contributed by atoms with Gasteiger partial charge in [-0.25, -0.2) is 4.98 Å². The van der Waals surface area contributed by atoms with Crippen LogP contribution in [-0.4, -0.2) is 17.5 Å². The number of benzene rings is 1. The highest BCUT2D eigenvalue weighted by molar-refractivity contribution is 7.11. The van der Waals surface area contributed by atoms with Crippen molar-refractivity contribution in [1.82, 2.24) is 10.3 Å². The molecule has 0 aliphatic heterocycles. The van der Waals surface area contributed by atoms with E-state index >= 15 is 0 Å². The third kappa shape index (κ3) is 4.21. The molecule has 2 aromatic rings. The van der Waals surface area contributed by atoms with E-state index in [0.717, 1.165) is 15.6 Å². The SMILES string of the molecule is Cc1nc(C)c(CNC(=O)COc2cccc(Cl)c2)s1. The molecular formula is C14H15ClN2O2S. The Morgan fingerprint density at radius 1 is 1.45 bits per heavy atom. The second-order valence-corrected chi connectivity index (χ2v) is 5.99. The molecule has 6 heteroatoms. The highest BCUT2D eigenvalue weighted by atomic mass is 35.5. The van der Waals surface area contributed by atoms with E-state index < -0.39 is 0 Å². The van der Waals surface area contributed by atoms with Gasteiger partial charge in [-0.2, -0.15) is 0 Å². The smallest absolute Gasteiger partial charge is 0.258 e. The number of amides is 1. The average Bonchev–Trinajstić information content (AvgIpc) is 2.72. The van der Waals surface area contributed by atoms with Crippen molar-refractivity contribution in [2.24, 2.45) is 0 Å². The predicted octanol–water partition coefficient (Wildman–Crippen LogP) is 3.11. The number of hydrogen-bond acceptors (Lipinski definition) is 4. The number of nitrogens with zero attached hydrogens (tertiary/aromatic N) is 1. The molecular weight excluding hydrogens is 296 g/mol. The van der Waals surface area contributed by atoms with Crippen molar-refractivity contribution in [1.29, 1.82) is 0 Å². The van der Waals surface area contributed by atoms with Gasteiger partial charge in [0.1, 0.15) is 5.75 Å². The minimum Gasteiger partial charge on any atom is -0.484 e. The average molecular weight is 311 g/mol. The molecule has 2 rings (SSSR count). The number of carbonyl (C=O) groups is 1. The van der Waals surface area contributed by atoms with Crippen molar-refractivity contribution in [3.05, 3.63) is 44.9 Å². The lowest BCUT2D eigenvalue weighted by Crippen LogP contribution is -2.28. The van der Waals surface area contributed by atoms with Gasteiger partial charge in [0.25, 0.3) is 5.91 Å². The van der Waals surface area contributed by atoms with E-state index in [4.69, 9.17) is 16.3 Å². The molecule has 1 N–H and O–H groups in total. The number of aromatic nitrogens is 1. The number of nitrogens with one attached hydrogen (secondary N) is 1. The molecule has 1 aromatic heterocycles. The van der Waals surface area contributed by atoms with Crippen LogP contribution in [0.1, 0.15) is 15.6 Å². The number of ether oxygens (including phenoxy) is 1. The maximum absolute atomic E-state index is 11.7. The van der Waals surface area contributed by atoms with Gasteiger partial charge in [0.2, 0.25) is 0 Å². The molecule has 0 radical (unpaired) electrons. The van der Waals surface area contributed by atoms with Crippen molar-refractivity contribution >= 4 is 28.8 Å². The summed E-state index contributed by atoms with van der Waals surface area (Å²) in [6.07, 6.45) is 0. The van der Waals surface area contributed by atoms with Crippen LogP contribution < -0.4 is 10.1 Å². The Kier molecular flexibility index (Phi) is 4.98. The third-order valence-corrected chi connectivity index (χ3v) is 3.92. The quantitative estimate of drug-likeness (QED) is 0.923. The molecule has 1 amide bonds. The molecule has 0 atom stereocenters. The molecule has 0 bridgehead atoms. The van der Waals surface area contributed by atoms with E-state index in [9.17, 15) is 4.79 Å². The molecule has 0 spiro atoms. The Balaban J connectivity index is 1.80. The summed E-state index contributed by atoms with van der Waals surface area (Å²) in [5.74, 6) is 0.410. The van der Waals surface area contributed by atoms with Crippen LogP contribution in [0, 0.1) is 13.8 Å². The van der Waals surface area contributed by atoms with Gasteiger partial charge < -0.3 is 10.1 Å². The summed E-state index contributed by atoms with van der Waals surface area (Å²) >= 11 is 7.42. The molecule has 20 heavy (non-hydrogen) atoms. The van der Waals surface area contributed by atoms with E-state index in [1.54, 1.807) is 35.6 Å². The number of aryl methyl sites for hydroxylation is 2. The molecule has 106 valence electrons. The zero-order chi connectivity index (χ0) is 14.5. The first-order valence-corrected chi connectivity index (χ1v) is 7.32. The van der Waals surface area contributed by atoms with Crippen LogP contribution in [0.5, 0.6) is 5.75 Å². The second kappa shape index (κ2) is 6.72. The van der Waals surface area contributed by atoms with Crippen molar-refractivity contribution in [2.75, 3.05) is 6.61 Å². The summed E-state index contributed by atoms with van der Waals surface area (Å²) in [6.45, 7) is 4.34. The highest BCUT2D eigenvalue weighted by Crippen LogP contribution is 2.17. The van der Waals surface area contributed by atoms with E-state index in [2.05, 4.69) is 10.3 Å². The Hall–Kier alpha value is -1.59. The van der Waals surface area contributed by atoms with Gasteiger partial charge in [0.05, 0.1) is 17.2 Å². The van der Waals surface area contributed by atoms with Crippen LogP contribution in [0.15, 0.2) is 24.3 Å². The fourth-order valence-electron chi connectivity index (χ4n) is 1.67. The largest absolute Gasteiger partial charge is 0.484 e. The molecule has 0 unspecified atom stereocenters. The molecule has 0 saturated carbocycles. The molecule has 0 fully saturated rings. The van der Waals surface area contributed by atoms with Crippen LogP contribution in [0.4, 0.5) is 0 Å². The number of halogens is 1. The van der Waals surface area contributed by atoms with Gasteiger partial charge in [0, 0.05) is 9.90 Å². The van der Waals surface area contributed by atoms with Gasteiger partial charge in [-0.1, -0.05) is 17.7 Å². The van der Waals surface area contributed by atoms with Crippen molar-refractivity contribution in [3.63, 3.8) is 0 Å². The first-order valence-electron chi connectivity index (χ1n) is 6.12. The Morgan fingerprint density at radius 2 is 2.25 bits per heavy atom. The lowest BCUT2D eigenvalue weighted by molar-refractivity contribution is -0.123. The predicted molar refractivity (Wildman–Crippen MR) is 80.4 cm³/mol. The summed E-state index contributed by atoms with van der Waals surface area (Å²) in [5.41, 5.74) is 0.962. The minimum absolute atomic E-state index is 0.0306. The number of hydrogen-bond donors (Lipinski definition) is 1. The lowest BCUT2D eigenvalue weighted by atomic mass is 10.3. The van der Waals surface area contributed by atoms with Crippen molar-refractivity contribution in [2.45, 2.75) is 20.4 Å². The monoisotopic (exact) mass is 310 g/mol. The third-order valence-electron chi connectivity index (χ3n) is 2.61. The zero-order valence-electron chi connectivity index (χ0n) is 11.3. The van der Waals surface area contributed by atoms with Crippen LogP contribution in [0.3, 0.4) is 0 Å². The molecule has 4 nitrogen and oxygen atoms in total. The topological polar surface area (TPSA) is 51.2 Å². The maximum Gasteiger partial charge on any atom is 0.258 e. The summed E-state index contributed by atoms with van der Waals surface area (Å²) in [7, 11) is 0. The van der Waals surface area contributed by atoms with Crippen LogP contribution >= 0.6 is 22.9 Å². The zero-order valence-corrected chi connectivity index (χ0v) is 12.8. The standard InChI is InChI=1S/C14H15ClN2O2S/c1-9-13(20-10(2)17-9)7-16-14(18)8-19-12-5-3-4-11(15)6-12/h3-6H,7-8H2,1-2H3,(H,16,18). The van der Waals surface area contributed by atoms with Gasteiger partial charge in [-0.3, -0.25) is 4.79 Å². The summed E-state index contributed by atoms with van der Waals surface area (Å²) in [6, 6.07) is 6.96. The normalized spacial score (nSPS) is 10.3. The Bertz CT molecular complexity index is 613. The second-order valence-electron chi connectivity index (χ2n) is 4.26. The van der Waals surface area contributed by atoms with Crippen LogP contribution in [-0.2, 0) is 11.3 Å². The van der Waals surface area contributed by atoms with E-state index in [0.29, 0.717) is 17.3 Å². The number of thiazole rings is 1.